The number of anilines is 1. The van der Waals surface area contributed by atoms with Gasteiger partial charge < -0.3 is 16.9 Å². The van der Waals surface area contributed by atoms with Crippen LogP contribution in [0.25, 0.3) is 11.1 Å². The van der Waals surface area contributed by atoms with Gasteiger partial charge in [-0.05, 0) is 38.9 Å². The van der Waals surface area contributed by atoms with Crippen molar-refractivity contribution >= 4 is 23.3 Å². The van der Waals surface area contributed by atoms with Crippen LogP contribution in [0.4, 0.5) is 10.2 Å². The van der Waals surface area contributed by atoms with Crippen molar-refractivity contribution in [3.63, 3.8) is 0 Å². The predicted molar refractivity (Wildman–Crippen MR) is 112 cm³/mol. The molecular weight excluding hydrogens is 397 g/mol. The zero-order chi connectivity index (χ0) is 21.0. The van der Waals surface area contributed by atoms with Gasteiger partial charge in [0, 0.05) is 23.5 Å². The molecule has 0 aromatic carbocycles. The van der Waals surface area contributed by atoms with E-state index in [4.69, 9.17) is 29.0 Å². The van der Waals surface area contributed by atoms with Crippen molar-refractivity contribution in [3.05, 3.63) is 41.1 Å². The molecule has 1 aliphatic heterocycles. The van der Waals surface area contributed by atoms with Crippen LogP contribution in [0, 0.1) is 0 Å². The zero-order valence-corrected chi connectivity index (χ0v) is 16.9. The molecule has 0 spiro atoms. The standard InChI is InChI=1S/C18H25ClFN9/c1-11(20)16(19)10-28(23)18(27-22)15-6-12(7-25-17(15)21)13-8-26-29(9-13)14-2-4-24-5-3-14/h6-9,14,24H,2-5,10,22-23H2,1H3,(H2,21,25)/b16-11-,27-18-. The Balaban J connectivity index is 1.87. The summed E-state index contributed by atoms with van der Waals surface area (Å²) < 4.78 is 15.3. The minimum atomic E-state index is -0.538. The van der Waals surface area contributed by atoms with Crippen molar-refractivity contribution in [2.75, 3.05) is 25.4 Å². The average Bonchev–Trinajstić information content (AvgIpc) is 3.20. The van der Waals surface area contributed by atoms with E-state index >= 15 is 0 Å². The maximum atomic E-state index is 13.3. The molecule has 11 heteroatoms. The molecule has 1 saturated heterocycles. The fourth-order valence-corrected chi connectivity index (χ4v) is 3.33. The van der Waals surface area contributed by atoms with Crippen LogP contribution < -0.4 is 22.7 Å². The molecule has 7 N–H and O–H groups in total. The van der Waals surface area contributed by atoms with Crippen LogP contribution in [0.1, 0.15) is 31.4 Å². The Morgan fingerprint density at radius 3 is 2.76 bits per heavy atom. The summed E-state index contributed by atoms with van der Waals surface area (Å²) >= 11 is 5.87. The molecule has 3 rings (SSSR count). The molecule has 0 aliphatic carbocycles. The van der Waals surface area contributed by atoms with Crippen molar-refractivity contribution in [2.24, 2.45) is 16.8 Å². The summed E-state index contributed by atoms with van der Waals surface area (Å²) in [7, 11) is 0. The SMILES string of the molecule is C/C(F)=C(/Cl)CN(N)/C(=N\N)c1cc(-c2cnn(C3CCNCC3)c2)cnc1N. The zero-order valence-electron chi connectivity index (χ0n) is 16.1. The second kappa shape index (κ2) is 9.21. The Morgan fingerprint density at radius 1 is 1.38 bits per heavy atom. The average molecular weight is 422 g/mol. The lowest BCUT2D eigenvalue weighted by molar-refractivity contribution is 0.343. The molecule has 2 aromatic rings. The summed E-state index contributed by atoms with van der Waals surface area (Å²) in [5, 5.41) is 12.6. The minimum absolute atomic E-state index is 0.0559. The highest BCUT2D eigenvalue weighted by Crippen LogP contribution is 2.26. The normalized spacial score (nSPS) is 16.6. The number of piperidine rings is 1. The van der Waals surface area contributed by atoms with Crippen molar-refractivity contribution in [3.8, 4) is 11.1 Å². The molecule has 0 unspecified atom stereocenters. The van der Waals surface area contributed by atoms with E-state index in [0.717, 1.165) is 42.1 Å². The molecule has 9 nitrogen and oxygen atoms in total. The third-order valence-corrected chi connectivity index (χ3v) is 5.23. The van der Waals surface area contributed by atoms with Crippen molar-refractivity contribution in [2.45, 2.75) is 25.8 Å². The van der Waals surface area contributed by atoms with Crippen molar-refractivity contribution in [1.29, 1.82) is 0 Å². The number of amidine groups is 1. The van der Waals surface area contributed by atoms with E-state index in [2.05, 4.69) is 20.5 Å². The maximum absolute atomic E-state index is 13.3. The van der Waals surface area contributed by atoms with Gasteiger partial charge in [0.2, 0.25) is 0 Å². The largest absolute Gasteiger partial charge is 0.383 e. The van der Waals surface area contributed by atoms with Gasteiger partial charge in [0.05, 0.1) is 29.4 Å². The molecule has 3 heterocycles. The van der Waals surface area contributed by atoms with E-state index in [1.807, 2.05) is 10.9 Å². The number of hydrogen-bond acceptors (Lipinski definition) is 7. The molecule has 0 saturated carbocycles. The highest BCUT2D eigenvalue weighted by molar-refractivity contribution is 6.30. The van der Waals surface area contributed by atoms with E-state index in [0.29, 0.717) is 11.6 Å². The summed E-state index contributed by atoms with van der Waals surface area (Å²) in [4.78, 5) is 4.24. The third kappa shape index (κ3) is 4.84. The van der Waals surface area contributed by atoms with Gasteiger partial charge in [0.1, 0.15) is 11.6 Å². The Morgan fingerprint density at radius 2 is 2.10 bits per heavy atom. The summed E-state index contributed by atoms with van der Waals surface area (Å²) in [6.07, 6.45) is 7.47. The fraction of sp³-hybridized carbons (Fsp3) is 0.389. The number of hydrogen-bond donors (Lipinski definition) is 4. The molecule has 1 aliphatic rings. The van der Waals surface area contributed by atoms with Crippen molar-refractivity contribution < 1.29 is 4.39 Å². The van der Waals surface area contributed by atoms with Crippen LogP contribution in [0.2, 0.25) is 0 Å². The van der Waals surface area contributed by atoms with Gasteiger partial charge in [-0.25, -0.2) is 15.2 Å². The number of halogens is 2. The molecule has 2 aromatic heterocycles. The number of nitrogens with two attached hydrogens (primary N) is 3. The topological polar surface area (TPSA) is 136 Å². The number of aromatic nitrogens is 3. The number of pyridine rings is 1. The summed E-state index contributed by atoms with van der Waals surface area (Å²) in [5.41, 5.74) is 8.11. The first-order chi connectivity index (χ1) is 13.9. The quantitative estimate of drug-likeness (QED) is 0.249. The van der Waals surface area contributed by atoms with Gasteiger partial charge in [0.15, 0.2) is 5.84 Å². The van der Waals surface area contributed by atoms with Crippen LogP contribution in [-0.4, -0.2) is 45.2 Å². The second-order valence-electron chi connectivity index (χ2n) is 6.87. The van der Waals surface area contributed by atoms with E-state index in [9.17, 15) is 4.39 Å². The fourth-order valence-electron chi connectivity index (χ4n) is 3.20. The first-order valence-electron chi connectivity index (χ1n) is 9.22. The van der Waals surface area contributed by atoms with Gasteiger partial charge in [0.25, 0.3) is 0 Å². The van der Waals surface area contributed by atoms with Crippen LogP contribution in [-0.2, 0) is 0 Å². The van der Waals surface area contributed by atoms with Crippen LogP contribution in [0.5, 0.6) is 0 Å². The second-order valence-corrected chi connectivity index (χ2v) is 7.32. The van der Waals surface area contributed by atoms with Gasteiger partial charge >= 0.3 is 0 Å². The maximum Gasteiger partial charge on any atom is 0.173 e. The number of hydrazine groups is 1. The van der Waals surface area contributed by atoms with E-state index < -0.39 is 5.83 Å². The van der Waals surface area contributed by atoms with Gasteiger partial charge in [-0.1, -0.05) is 11.6 Å². The number of allylic oxidation sites excluding steroid dienone is 1. The smallest absolute Gasteiger partial charge is 0.173 e. The van der Waals surface area contributed by atoms with Gasteiger partial charge in [-0.3, -0.25) is 9.69 Å². The van der Waals surface area contributed by atoms with Crippen LogP contribution in [0.15, 0.2) is 40.6 Å². The summed E-state index contributed by atoms with van der Waals surface area (Å²) in [6, 6.07) is 2.14. The molecule has 29 heavy (non-hydrogen) atoms. The number of hydrazone groups is 1. The molecular formula is C18H25ClFN9. The number of nitrogen functional groups attached to an aromatic ring is 1. The number of nitrogens with zero attached hydrogens (tertiary/aromatic N) is 5. The monoisotopic (exact) mass is 421 g/mol. The summed E-state index contributed by atoms with van der Waals surface area (Å²) in [6.45, 7) is 3.08. The van der Waals surface area contributed by atoms with Crippen molar-refractivity contribution in [1.82, 2.24) is 25.1 Å². The Hall–Kier alpha value is -2.69. The van der Waals surface area contributed by atoms with E-state index in [-0.39, 0.29) is 23.2 Å². The Kier molecular flexibility index (Phi) is 6.68. The van der Waals surface area contributed by atoms with E-state index in [1.165, 1.54) is 6.92 Å². The lowest BCUT2D eigenvalue weighted by Gasteiger charge is -2.22. The molecule has 1 fully saturated rings. The first kappa shape index (κ1) is 21.0. The molecule has 156 valence electrons. The Bertz CT molecular complexity index is 914. The highest BCUT2D eigenvalue weighted by Gasteiger charge is 2.19. The highest BCUT2D eigenvalue weighted by atomic mass is 35.5. The predicted octanol–water partition coefficient (Wildman–Crippen LogP) is 1.69. The minimum Gasteiger partial charge on any atom is -0.383 e. The van der Waals surface area contributed by atoms with Gasteiger partial charge in [-0.2, -0.15) is 10.2 Å². The molecule has 0 atom stereocenters. The van der Waals surface area contributed by atoms with Gasteiger partial charge in [-0.15, -0.1) is 0 Å². The number of rotatable bonds is 5. The number of nitrogens with one attached hydrogen (secondary N) is 1. The Labute approximate surface area is 173 Å². The summed E-state index contributed by atoms with van der Waals surface area (Å²) in [5.74, 6) is 11.3. The first-order valence-corrected chi connectivity index (χ1v) is 9.60. The van der Waals surface area contributed by atoms with Crippen LogP contribution >= 0.6 is 11.6 Å². The third-order valence-electron chi connectivity index (χ3n) is 4.85. The molecule has 0 bridgehead atoms. The lowest BCUT2D eigenvalue weighted by Crippen LogP contribution is -2.40. The van der Waals surface area contributed by atoms with Crippen LogP contribution in [0.3, 0.4) is 0 Å². The molecule has 0 amide bonds. The molecule has 0 radical (unpaired) electrons. The van der Waals surface area contributed by atoms with E-state index in [1.54, 1.807) is 18.5 Å². The lowest BCUT2D eigenvalue weighted by atomic mass is 10.1.